The Hall–Kier alpha value is -2.58. The molecule has 2 aromatic rings. The van der Waals surface area contributed by atoms with Crippen LogP contribution in [0.15, 0.2) is 42.5 Å². The number of amides is 2. The number of methoxy groups -OCH3 is 1. The fourth-order valence-corrected chi connectivity index (χ4v) is 2.98. The van der Waals surface area contributed by atoms with Crippen LogP contribution >= 0.6 is 0 Å². The SMILES string of the molecule is COCCN(Cc1ccc(OS(C)(=O)=O)cc1)C(=O)Nc1ccc(C)c(C)c1. The summed E-state index contributed by atoms with van der Waals surface area (Å²) in [4.78, 5) is 14.4. The maximum atomic E-state index is 12.7. The molecule has 8 heteroatoms. The summed E-state index contributed by atoms with van der Waals surface area (Å²) in [5.41, 5.74) is 3.83. The summed E-state index contributed by atoms with van der Waals surface area (Å²) in [7, 11) is -1.99. The van der Waals surface area contributed by atoms with Gasteiger partial charge in [-0.2, -0.15) is 8.42 Å². The second kappa shape index (κ2) is 9.57. The molecule has 1 N–H and O–H groups in total. The van der Waals surface area contributed by atoms with Crippen LogP contribution in [0.4, 0.5) is 10.5 Å². The van der Waals surface area contributed by atoms with Gasteiger partial charge in [-0.1, -0.05) is 18.2 Å². The number of anilines is 1. The summed E-state index contributed by atoms with van der Waals surface area (Å²) in [6.45, 7) is 5.17. The molecule has 0 heterocycles. The first kappa shape index (κ1) is 21.7. The Labute approximate surface area is 166 Å². The van der Waals surface area contributed by atoms with Crippen LogP contribution in [0.1, 0.15) is 16.7 Å². The van der Waals surface area contributed by atoms with Gasteiger partial charge in [-0.3, -0.25) is 0 Å². The average Bonchev–Trinajstić information content (AvgIpc) is 2.62. The molecule has 0 spiro atoms. The number of aryl methyl sites for hydroxylation is 2. The lowest BCUT2D eigenvalue weighted by Crippen LogP contribution is -2.36. The topological polar surface area (TPSA) is 84.9 Å². The zero-order valence-corrected chi connectivity index (χ0v) is 17.4. The minimum absolute atomic E-state index is 0.231. The third kappa shape index (κ3) is 6.86. The van der Waals surface area contributed by atoms with Gasteiger partial charge in [0.15, 0.2) is 0 Å². The lowest BCUT2D eigenvalue weighted by Gasteiger charge is -2.23. The van der Waals surface area contributed by atoms with E-state index >= 15 is 0 Å². The van der Waals surface area contributed by atoms with Crippen LogP contribution in [0.25, 0.3) is 0 Å². The first-order valence-electron chi connectivity index (χ1n) is 8.78. The Morgan fingerprint density at radius 2 is 1.75 bits per heavy atom. The fraction of sp³-hybridized carbons (Fsp3) is 0.350. The number of hydrogen-bond acceptors (Lipinski definition) is 5. The summed E-state index contributed by atoms with van der Waals surface area (Å²) in [5.74, 6) is 0.231. The monoisotopic (exact) mass is 406 g/mol. The van der Waals surface area contributed by atoms with Gasteiger partial charge in [0.05, 0.1) is 12.9 Å². The molecular formula is C20H26N2O5S. The summed E-state index contributed by atoms with van der Waals surface area (Å²) >= 11 is 0. The fourth-order valence-electron chi connectivity index (χ4n) is 2.52. The van der Waals surface area contributed by atoms with E-state index in [-0.39, 0.29) is 11.8 Å². The van der Waals surface area contributed by atoms with Gasteiger partial charge >= 0.3 is 16.1 Å². The molecule has 2 aromatic carbocycles. The van der Waals surface area contributed by atoms with Crippen molar-refractivity contribution in [1.82, 2.24) is 4.90 Å². The smallest absolute Gasteiger partial charge is 0.322 e. The van der Waals surface area contributed by atoms with Crippen LogP contribution in [0.5, 0.6) is 5.75 Å². The van der Waals surface area contributed by atoms with Gasteiger partial charge < -0.3 is 19.1 Å². The molecule has 0 saturated heterocycles. The molecule has 0 aliphatic rings. The normalized spacial score (nSPS) is 11.1. The zero-order chi connectivity index (χ0) is 20.7. The van der Waals surface area contributed by atoms with Crippen molar-refractivity contribution in [3.8, 4) is 5.75 Å². The molecular weight excluding hydrogens is 380 g/mol. The Morgan fingerprint density at radius 3 is 2.32 bits per heavy atom. The van der Waals surface area contributed by atoms with E-state index in [9.17, 15) is 13.2 Å². The molecule has 7 nitrogen and oxygen atoms in total. The highest BCUT2D eigenvalue weighted by molar-refractivity contribution is 7.86. The van der Waals surface area contributed by atoms with E-state index in [2.05, 4.69) is 5.32 Å². The van der Waals surface area contributed by atoms with Crippen LogP contribution in [-0.4, -0.2) is 45.9 Å². The predicted octanol–water partition coefficient (Wildman–Crippen LogP) is 3.32. The Bertz CT molecular complexity index is 911. The Morgan fingerprint density at radius 1 is 1.07 bits per heavy atom. The lowest BCUT2D eigenvalue weighted by atomic mass is 10.1. The molecule has 152 valence electrons. The third-order valence-corrected chi connectivity index (χ3v) is 4.65. The van der Waals surface area contributed by atoms with Crippen LogP contribution in [-0.2, 0) is 21.4 Å². The predicted molar refractivity (Wildman–Crippen MR) is 109 cm³/mol. The van der Waals surface area contributed by atoms with E-state index in [1.165, 1.54) is 0 Å². The highest BCUT2D eigenvalue weighted by Crippen LogP contribution is 2.17. The molecule has 0 aliphatic heterocycles. The summed E-state index contributed by atoms with van der Waals surface area (Å²) in [6.07, 6.45) is 0.991. The number of benzene rings is 2. The minimum atomic E-state index is -3.57. The molecule has 0 fully saturated rings. The van der Waals surface area contributed by atoms with Crippen molar-refractivity contribution in [2.45, 2.75) is 20.4 Å². The maximum Gasteiger partial charge on any atom is 0.322 e. The third-order valence-electron chi connectivity index (χ3n) is 4.16. The molecule has 28 heavy (non-hydrogen) atoms. The minimum Gasteiger partial charge on any atom is -0.383 e. The van der Waals surface area contributed by atoms with E-state index in [0.717, 1.165) is 28.6 Å². The van der Waals surface area contributed by atoms with Gasteiger partial charge in [-0.15, -0.1) is 0 Å². The van der Waals surface area contributed by atoms with Gasteiger partial charge in [0, 0.05) is 25.9 Å². The summed E-state index contributed by atoms with van der Waals surface area (Å²) in [5, 5.41) is 2.91. The molecule has 0 aliphatic carbocycles. The summed E-state index contributed by atoms with van der Waals surface area (Å²) < 4.78 is 32.3. The Balaban J connectivity index is 2.09. The molecule has 0 aromatic heterocycles. The lowest BCUT2D eigenvalue weighted by molar-refractivity contribution is 0.153. The van der Waals surface area contributed by atoms with E-state index in [4.69, 9.17) is 8.92 Å². The van der Waals surface area contributed by atoms with E-state index < -0.39 is 10.1 Å². The quantitative estimate of drug-likeness (QED) is 0.680. The van der Waals surface area contributed by atoms with Gasteiger partial charge in [-0.25, -0.2) is 4.79 Å². The Kier molecular flexibility index (Phi) is 7.42. The number of hydrogen-bond donors (Lipinski definition) is 1. The van der Waals surface area contributed by atoms with Crippen molar-refractivity contribution < 1.29 is 22.1 Å². The second-order valence-electron chi connectivity index (χ2n) is 6.57. The van der Waals surface area contributed by atoms with Crippen molar-refractivity contribution in [3.63, 3.8) is 0 Å². The van der Waals surface area contributed by atoms with Crippen molar-refractivity contribution >= 4 is 21.8 Å². The van der Waals surface area contributed by atoms with Crippen molar-refractivity contribution in [2.75, 3.05) is 31.8 Å². The highest BCUT2D eigenvalue weighted by Gasteiger charge is 2.15. The van der Waals surface area contributed by atoms with Gasteiger partial charge in [0.2, 0.25) is 0 Å². The number of nitrogens with one attached hydrogen (secondary N) is 1. The standard InChI is InChI=1S/C20H26N2O5S/c1-15-5-8-18(13-16(15)2)21-20(23)22(11-12-26-3)14-17-6-9-19(10-7-17)27-28(4,24)25/h5-10,13H,11-12,14H2,1-4H3,(H,21,23). The molecule has 0 saturated carbocycles. The highest BCUT2D eigenvalue weighted by atomic mass is 32.2. The maximum absolute atomic E-state index is 12.7. The molecule has 0 unspecified atom stereocenters. The number of carbonyl (C=O) groups excluding carboxylic acids is 1. The van der Waals surface area contributed by atoms with Crippen LogP contribution in [0.3, 0.4) is 0 Å². The number of carbonyl (C=O) groups is 1. The summed E-state index contributed by atoms with van der Waals surface area (Å²) in [6, 6.07) is 12.1. The van der Waals surface area contributed by atoms with Gasteiger partial charge in [0.25, 0.3) is 0 Å². The molecule has 0 radical (unpaired) electrons. The first-order valence-corrected chi connectivity index (χ1v) is 10.6. The molecule has 0 atom stereocenters. The number of urea groups is 1. The van der Waals surface area contributed by atoms with Crippen molar-refractivity contribution in [1.29, 1.82) is 0 Å². The van der Waals surface area contributed by atoms with Gasteiger partial charge in [0.1, 0.15) is 5.75 Å². The van der Waals surface area contributed by atoms with Crippen LogP contribution in [0.2, 0.25) is 0 Å². The average molecular weight is 407 g/mol. The number of rotatable bonds is 8. The first-order chi connectivity index (χ1) is 13.2. The van der Waals surface area contributed by atoms with Crippen LogP contribution < -0.4 is 9.50 Å². The molecule has 2 rings (SSSR count). The number of nitrogens with zero attached hydrogens (tertiary/aromatic N) is 1. The molecule has 0 bridgehead atoms. The van der Waals surface area contributed by atoms with E-state index in [1.54, 1.807) is 36.3 Å². The largest absolute Gasteiger partial charge is 0.383 e. The second-order valence-corrected chi connectivity index (χ2v) is 8.15. The molecule has 2 amide bonds. The van der Waals surface area contributed by atoms with Crippen molar-refractivity contribution in [2.24, 2.45) is 0 Å². The van der Waals surface area contributed by atoms with Crippen LogP contribution in [0, 0.1) is 13.8 Å². The zero-order valence-electron chi connectivity index (χ0n) is 16.6. The van der Waals surface area contributed by atoms with E-state index in [1.807, 2.05) is 32.0 Å². The number of ether oxygens (including phenoxy) is 1. The van der Waals surface area contributed by atoms with Gasteiger partial charge in [-0.05, 0) is 54.8 Å². The van der Waals surface area contributed by atoms with E-state index in [0.29, 0.717) is 19.7 Å². The van der Waals surface area contributed by atoms with Crippen molar-refractivity contribution in [3.05, 3.63) is 59.2 Å².